The van der Waals surface area contributed by atoms with Gasteiger partial charge >= 0.3 is 11.9 Å². The van der Waals surface area contributed by atoms with Gasteiger partial charge in [-0.2, -0.15) is 0 Å². The Morgan fingerprint density at radius 3 is 2.04 bits per heavy atom. The molecule has 0 heterocycles. The van der Waals surface area contributed by atoms with Crippen LogP contribution in [-0.4, -0.2) is 24.6 Å². The van der Waals surface area contributed by atoms with Crippen LogP contribution in [0.15, 0.2) is 72.3 Å². The summed E-state index contributed by atoms with van der Waals surface area (Å²) in [5, 5.41) is 0. The van der Waals surface area contributed by atoms with Gasteiger partial charge in [0, 0.05) is 10.8 Å². The summed E-state index contributed by atoms with van der Waals surface area (Å²) in [6.07, 6.45) is 12.8. The Morgan fingerprint density at radius 2 is 1.38 bits per heavy atom. The van der Waals surface area contributed by atoms with E-state index in [-0.39, 0.29) is 45.1 Å². The molecule has 4 saturated carbocycles. The molecule has 0 bridgehead atoms. The second-order valence-corrected chi connectivity index (χ2v) is 18.1. The van der Waals surface area contributed by atoms with E-state index in [1.165, 1.54) is 19.3 Å². The molecule has 4 nitrogen and oxygen atoms in total. The predicted octanol–water partition coefficient (Wildman–Crippen LogP) is 10.7. The lowest BCUT2D eigenvalue weighted by Gasteiger charge is -2.71. The number of esters is 2. The van der Waals surface area contributed by atoms with Crippen LogP contribution in [0.25, 0.3) is 0 Å². The molecule has 258 valence electrons. The van der Waals surface area contributed by atoms with Gasteiger partial charge in [0.2, 0.25) is 0 Å². The Hall–Kier alpha value is -2.88. The molecule has 0 saturated heterocycles. The topological polar surface area (TPSA) is 52.6 Å². The molecule has 2 aromatic rings. The van der Waals surface area contributed by atoms with E-state index in [0.717, 1.165) is 38.5 Å². The van der Waals surface area contributed by atoms with Gasteiger partial charge in [-0.25, -0.2) is 9.59 Å². The molecule has 0 radical (unpaired) electrons. The van der Waals surface area contributed by atoms with Crippen LogP contribution in [-0.2, 0) is 9.47 Å². The molecule has 0 spiro atoms. The molecule has 5 aliphatic carbocycles. The molecule has 48 heavy (non-hydrogen) atoms. The smallest absolute Gasteiger partial charge is 0.338 e. The van der Waals surface area contributed by atoms with Gasteiger partial charge in [0.25, 0.3) is 0 Å². The van der Waals surface area contributed by atoms with Gasteiger partial charge in [0.1, 0.15) is 6.10 Å². The second kappa shape index (κ2) is 11.9. The number of ether oxygens (including phenoxy) is 2. The fourth-order valence-electron chi connectivity index (χ4n) is 12.7. The van der Waals surface area contributed by atoms with Crippen LogP contribution in [0, 0.1) is 56.7 Å². The molecule has 7 rings (SSSR count). The minimum absolute atomic E-state index is 0.00862. The molecule has 4 heteroatoms. The number of benzene rings is 2. The number of carbonyl (C=O) groups is 2. The minimum Gasteiger partial charge on any atom is -0.461 e. The van der Waals surface area contributed by atoms with Crippen molar-refractivity contribution in [3.05, 3.63) is 83.4 Å². The predicted molar refractivity (Wildman–Crippen MR) is 191 cm³/mol. The van der Waals surface area contributed by atoms with Crippen molar-refractivity contribution in [2.24, 2.45) is 56.7 Å². The average molecular weight is 651 g/mol. The zero-order chi connectivity index (χ0) is 34.1. The fraction of sp³-hybridized carbons (Fsp3) is 0.636. The third-order valence-electron chi connectivity index (χ3n) is 15.9. The van der Waals surface area contributed by atoms with Crippen molar-refractivity contribution in [2.45, 2.75) is 112 Å². The minimum atomic E-state index is -0.188. The van der Waals surface area contributed by atoms with E-state index in [1.54, 1.807) is 5.57 Å². The number of fused-ring (bicyclic) bond motifs is 7. The number of allylic oxidation sites excluding steroid dienone is 2. The molecule has 0 N–H and O–H groups in total. The van der Waals surface area contributed by atoms with Gasteiger partial charge in [-0.3, -0.25) is 0 Å². The van der Waals surface area contributed by atoms with E-state index >= 15 is 0 Å². The van der Waals surface area contributed by atoms with E-state index in [1.807, 2.05) is 60.7 Å². The monoisotopic (exact) mass is 650 g/mol. The highest BCUT2D eigenvalue weighted by atomic mass is 16.5. The molecule has 0 aromatic heterocycles. The van der Waals surface area contributed by atoms with E-state index < -0.39 is 0 Å². The Balaban J connectivity index is 1.17. The van der Waals surface area contributed by atoms with Gasteiger partial charge in [-0.05, 0) is 128 Å². The first-order valence-electron chi connectivity index (χ1n) is 19.0. The van der Waals surface area contributed by atoms with Crippen LogP contribution in [0.4, 0.5) is 0 Å². The summed E-state index contributed by atoms with van der Waals surface area (Å²) in [4.78, 5) is 26.4. The van der Waals surface area contributed by atoms with E-state index in [2.05, 4.69) is 54.5 Å². The largest absolute Gasteiger partial charge is 0.461 e. The van der Waals surface area contributed by atoms with Crippen LogP contribution in [0.2, 0.25) is 0 Å². The maximum absolute atomic E-state index is 13.2. The molecule has 5 aliphatic rings. The van der Waals surface area contributed by atoms with Crippen LogP contribution < -0.4 is 0 Å². The number of hydrogen-bond acceptors (Lipinski definition) is 4. The van der Waals surface area contributed by atoms with Crippen molar-refractivity contribution in [3.8, 4) is 0 Å². The van der Waals surface area contributed by atoms with Crippen molar-refractivity contribution < 1.29 is 19.1 Å². The highest BCUT2D eigenvalue weighted by Crippen LogP contribution is 2.76. The summed E-state index contributed by atoms with van der Waals surface area (Å²) < 4.78 is 12.6. The molecule has 0 aliphatic heterocycles. The lowest BCUT2D eigenvalue weighted by molar-refractivity contribution is -0.206. The first kappa shape index (κ1) is 33.6. The van der Waals surface area contributed by atoms with E-state index in [4.69, 9.17) is 9.47 Å². The average Bonchev–Trinajstić information content (AvgIpc) is 3.08. The Morgan fingerprint density at radius 1 is 0.729 bits per heavy atom. The first-order valence-corrected chi connectivity index (χ1v) is 19.0. The number of carbonyl (C=O) groups excluding carboxylic acids is 2. The number of hydrogen-bond donors (Lipinski definition) is 0. The zero-order valence-corrected chi connectivity index (χ0v) is 30.5. The standard InChI is InChI=1S/C44H58O4/c1-29-20-25-44(28-47-38(45)31-14-10-8-11-15-31)27-26-42(6)33(37(44)30(29)2)18-19-35-41(5)23-22-36(48-39(46)32-16-12-9-13-17-32)40(3,4)34(41)21-24-43(35,42)7/h8-18,29-30,34-37H,19-28H2,1-7H3. The second-order valence-electron chi connectivity index (χ2n) is 18.1. The van der Waals surface area contributed by atoms with Crippen molar-refractivity contribution in [3.63, 3.8) is 0 Å². The molecule has 4 fully saturated rings. The Labute approximate surface area is 289 Å². The molecular formula is C44H58O4. The van der Waals surface area contributed by atoms with Crippen molar-refractivity contribution in [1.82, 2.24) is 0 Å². The Kier molecular flexibility index (Phi) is 8.31. The summed E-state index contributed by atoms with van der Waals surface area (Å²) in [6, 6.07) is 19.0. The van der Waals surface area contributed by atoms with Crippen LogP contribution in [0.5, 0.6) is 0 Å². The summed E-state index contributed by atoms with van der Waals surface area (Å²) in [7, 11) is 0. The summed E-state index contributed by atoms with van der Waals surface area (Å²) in [5.74, 6) is 2.36. The molecule has 10 atom stereocenters. The normalized spacial score (nSPS) is 41.4. The molecule has 0 amide bonds. The summed E-state index contributed by atoms with van der Waals surface area (Å²) in [5.41, 5.74) is 3.39. The summed E-state index contributed by atoms with van der Waals surface area (Å²) >= 11 is 0. The van der Waals surface area contributed by atoms with Gasteiger partial charge < -0.3 is 9.47 Å². The molecular weight excluding hydrogens is 592 g/mol. The highest BCUT2D eigenvalue weighted by molar-refractivity contribution is 5.89. The third kappa shape index (κ3) is 4.97. The molecule has 2 aromatic carbocycles. The fourth-order valence-corrected chi connectivity index (χ4v) is 12.7. The van der Waals surface area contributed by atoms with Crippen LogP contribution >= 0.6 is 0 Å². The van der Waals surface area contributed by atoms with Gasteiger partial charge in [0.05, 0.1) is 17.7 Å². The van der Waals surface area contributed by atoms with Crippen LogP contribution in [0.3, 0.4) is 0 Å². The Bertz CT molecular complexity index is 1560. The van der Waals surface area contributed by atoms with Crippen molar-refractivity contribution >= 4 is 11.9 Å². The van der Waals surface area contributed by atoms with Crippen molar-refractivity contribution in [2.75, 3.05) is 6.61 Å². The zero-order valence-electron chi connectivity index (χ0n) is 30.5. The maximum Gasteiger partial charge on any atom is 0.338 e. The van der Waals surface area contributed by atoms with Gasteiger partial charge in [0.15, 0.2) is 0 Å². The molecule has 10 unspecified atom stereocenters. The maximum atomic E-state index is 13.2. The first-order chi connectivity index (χ1) is 22.8. The quantitative estimate of drug-likeness (QED) is 0.239. The van der Waals surface area contributed by atoms with Crippen molar-refractivity contribution in [1.29, 1.82) is 0 Å². The highest BCUT2D eigenvalue weighted by Gasteiger charge is 2.69. The summed E-state index contributed by atoms with van der Waals surface area (Å²) in [6.45, 7) is 18.1. The van der Waals surface area contributed by atoms with Crippen LogP contribution in [0.1, 0.15) is 127 Å². The van der Waals surface area contributed by atoms with Gasteiger partial charge in [-0.1, -0.05) is 96.5 Å². The van der Waals surface area contributed by atoms with Gasteiger partial charge in [-0.15, -0.1) is 0 Å². The SMILES string of the molecule is CC1CCC2(COC(=O)c3ccccc3)CCC3(C)C(=CCC4C5(C)CCC(OC(=O)c6ccccc6)C(C)(C)C5CCC43C)C2C1C. The van der Waals surface area contributed by atoms with E-state index in [9.17, 15) is 9.59 Å². The lowest BCUT2D eigenvalue weighted by atomic mass is 9.33. The number of rotatable bonds is 5. The van der Waals surface area contributed by atoms with E-state index in [0.29, 0.717) is 47.3 Å². The third-order valence-corrected chi connectivity index (χ3v) is 15.9. The lowest BCUT2D eigenvalue weighted by Crippen LogP contribution is -2.65.